The van der Waals surface area contributed by atoms with Crippen molar-refractivity contribution in [3.63, 3.8) is 0 Å². The number of halogens is 1. The molecule has 8 heteroatoms. The highest BCUT2D eigenvalue weighted by atomic mass is 35.5. The first-order valence-corrected chi connectivity index (χ1v) is 7.41. The molecule has 7 nitrogen and oxygen atoms in total. The van der Waals surface area contributed by atoms with Crippen LogP contribution in [0.1, 0.15) is 6.92 Å². The molecule has 1 atom stereocenters. The molecule has 0 spiro atoms. The van der Waals surface area contributed by atoms with E-state index < -0.39 is 0 Å². The van der Waals surface area contributed by atoms with E-state index in [1.165, 1.54) is 4.80 Å². The Kier molecular flexibility index (Phi) is 4.50. The van der Waals surface area contributed by atoms with Crippen molar-refractivity contribution in [3.05, 3.63) is 47.6 Å². The Morgan fingerprint density at radius 2 is 2.00 bits per heavy atom. The molecule has 0 aliphatic heterocycles. The lowest BCUT2D eigenvalue weighted by Crippen LogP contribution is -2.23. The van der Waals surface area contributed by atoms with Gasteiger partial charge in [0, 0.05) is 28.9 Å². The normalized spacial score (nSPS) is 12.1. The first-order chi connectivity index (χ1) is 11.1. The third kappa shape index (κ3) is 4.02. The topological polar surface area (TPSA) is 91.7 Å². The summed E-state index contributed by atoms with van der Waals surface area (Å²) in [5, 5.41) is 12.9. The van der Waals surface area contributed by atoms with Crippen molar-refractivity contribution in [2.24, 2.45) is 5.73 Å². The Hall–Kier alpha value is -2.51. The SMILES string of the molecule is C[C@H](N)Cn1nnc(-c2ccc(Oc3ccc(Cl)cc3)nc2)n1. The van der Waals surface area contributed by atoms with Gasteiger partial charge in [0.1, 0.15) is 5.75 Å². The number of nitrogens with zero attached hydrogens (tertiary/aromatic N) is 5. The zero-order chi connectivity index (χ0) is 16.2. The van der Waals surface area contributed by atoms with Crippen LogP contribution in [-0.2, 0) is 6.54 Å². The highest BCUT2D eigenvalue weighted by Gasteiger charge is 2.08. The zero-order valence-electron chi connectivity index (χ0n) is 12.4. The Balaban J connectivity index is 1.71. The van der Waals surface area contributed by atoms with E-state index in [-0.39, 0.29) is 6.04 Å². The molecule has 0 fully saturated rings. The highest BCUT2D eigenvalue weighted by Crippen LogP contribution is 2.23. The van der Waals surface area contributed by atoms with E-state index in [9.17, 15) is 0 Å². The Labute approximate surface area is 138 Å². The van der Waals surface area contributed by atoms with Gasteiger partial charge >= 0.3 is 0 Å². The Bertz CT molecular complexity index is 769. The summed E-state index contributed by atoms with van der Waals surface area (Å²) >= 11 is 5.84. The van der Waals surface area contributed by atoms with Gasteiger partial charge in [0.05, 0.1) is 6.54 Å². The first kappa shape index (κ1) is 15.4. The van der Waals surface area contributed by atoms with Gasteiger partial charge in [-0.1, -0.05) is 11.6 Å². The lowest BCUT2D eigenvalue weighted by atomic mass is 10.3. The maximum Gasteiger partial charge on any atom is 0.219 e. The molecule has 1 aromatic carbocycles. The number of hydrogen-bond acceptors (Lipinski definition) is 6. The fourth-order valence-corrected chi connectivity index (χ4v) is 2.02. The maximum atomic E-state index is 5.84. The lowest BCUT2D eigenvalue weighted by Gasteiger charge is -2.04. The summed E-state index contributed by atoms with van der Waals surface area (Å²) in [5.74, 6) is 1.63. The van der Waals surface area contributed by atoms with Gasteiger partial charge in [-0.25, -0.2) is 4.98 Å². The van der Waals surface area contributed by atoms with Crippen molar-refractivity contribution in [1.29, 1.82) is 0 Å². The molecule has 0 amide bonds. The van der Waals surface area contributed by atoms with Crippen molar-refractivity contribution >= 4 is 11.6 Å². The van der Waals surface area contributed by atoms with Crippen LogP contribution in [0.25, 0.3) is 11.4 Å². The average Bonchev–Trinajstić information content (AvgIpc) is 2.98. The first-order valence-electron chi connectivity index (χ1n) is 7.03. The van der Waals surface area contributed by atoms with Crippen LogP contribution in [0.15, 0.2) is 42.6 Å². The lowest BCUT2D eigenvalue weighted by molar-refractivity contribution is 0.463. The monoisotopic (exact) mass is 330 g/mol. The van der Waals surface area contributed by atoms with Crippen LogP contribution < -0.4 is 10.5 Å². The van der Waals surface area contributed by atoms with E-state index in [2.05, 4.69) is 20.4 Å². The Morgan fingerprint density at radius 1 is 1.22 bits per heavy atom. The predicted molar refractivity (Wildman–Crippen MR) is 86.2 cm³/mol. The van der Waals surface area contributed by atoms with Crippen molar-refractivity contribution in [3.8, 4) is 23.0 Å². The molecule has 0 saturated heterocycles. The quantitative estimate of drug-likeness (QED) is 0.772. The van der Waals surface area contributed by atoms with E-state index in [0.717, 1.165) is 5.56 Å². The molecule has 0 saturated carbocycles. The number of hydrogen-bond donors (Lipinski definition) is 1. The molecule has 0 unspecified atom stereocenters. The van der Waals surface area contributed by atoms with E-state index in [4.69, 9.17) is 22.1 Å². The second-order valence-corrected chi connectivity index (χ2v) is 5.52. The third-order valence-electron chi connectivity index (χ3n) is 2.93. The Morgan fingerprint density at radius 3 is 2.65 bits per heavy atom. The molecular weight excluding hydrogens is 316 g/mol. The number of benzene rings is 1. The summed E-state index contributed by atoms with van der Waals surface area (Å²) in [7, 11) is 0. The minimum atomic E-state index is -0.0367. The summed E-state index contributed by atoms with van der Waals surface area (Å²) in [4.78, 5) is 5.72. The highest BCUT2D eigenvalue weighted by molar-refractivity contribution is 6.30. The van der Waals surface area contributed by atoms with E-state index >= 15 is 0 Å². The summed E-state index contributed by atoms with van der Waals surface area (Å²) in [6.07, 6.45) is 1.64. The average molecular weight is 331 g/mol. The van der Waals surface area contributed by atoms with Gasteiger partial charge in [-0.2, -0.15) is 4.80 Å². The maximum absolute atomic E-state index is 5.84. The van der Waals surface area contributed by atoms with Crippen molar-refractivity contribution < 1.29 is 4.74 Å². The second-order valence-electron chi connectivity index (χ2n) is 5.09. The van der Waals surface area contributed by atoms with Gasteiger partial charge in [0.25, 0.3) is 0 Å². The number of rotatable bonds is 5. The summed E-state index contributed by atoms with van der Waals surface area (Å²) in [6.45, 7) is 2.39. The summed E-state index contributed by atoms with van der Waals surface area (Å²) in [5.41, 5.74) is 6.46. The van der Waals surface area contributed by atoms with Crippen LogP contribution in [0.3, 0.4) is 0 Å². The molecule has 2 aromatic heterocycles. The smallest absolute Gasteiger partial charge is 0.219 e. The fourth-order valence-electron chi connectivity index (χ4n) is 1.89. The van der Waals surface area contributed by atoms with Crippen LogP contribution in [0.2, 0.25) is 5.02 Å². The molecule has 0 aliphatic carbocycles. The van der Waals surface area contributed by atoms with Gasteiger partial charge in [-0.15, -0.1) is 10.2 Å². The van der Waals surface area contributed by atoms with E-state index in [0.29, 0.717) is 29.0 Å². The molecule has 23 heavy (non-hydrogen) atoms. The molecule has 118 valence electrons. The number of tetrazole rings is 1. The molecular formula is C15H15ClN6O. The summed E-state index contributed by atoms with van der Waals surface area (Å²) < 4.78 is 5.63. The van der Waals surface area contributed by atoms with Crippen molar-refractivity contribution in [2.45, 2.75) is 19.5 Å². The molecule has 3 rings (SSSR count). The largest absolute Gasteiger partial charge is 0.439 e. The second kappa shape index (κ2) is 6.72. The number of nitrogens with two attached hydrogens (primary N) is 1. The number of pyridine rings is 1. The van der Waals surface area contributed by atoms with E-state index in [1.54, 1.807) is 36.5 Å². The van der Waals surface area contributed by atoms with Gasteiger partial charge in [0.15, 0.2) is 0 Å². The van der Waals surface area contributed by atoms with Crippen LogP contribution in [0.5, 0.6) is 11.6 Å². The molecule has 2 N–H and O–H groups in total. The fraction of sp³-hybridized carbons (Fsp3) is 0.200. The van der Waals surface area contributed by atoms with Crippen molar-refractivity contribution in [1.82, 2.24) is 25.2 Å². The zero-order valence-corrected chi connectivity index (χ0v) is 13.2. The molecule has 2 heterocycles. The molecule has 0 bridgehead atoms. The minimum Gasteiger partial charge on any atom is -0.439 e. The number of aromatic nitrogens is 5. The molecule has 3 aromatic rings. The van der Waals surface area contributed by atoms with Gasteiger partial charge in [-0.05, 0) is 42.5 Å². The molecule has 0 radical (unpaired) electrons. The van der Waals surface area contributed by atoms with Gasteiger partial charge in [-0.3, -0.25) is 0 Å². The summed E-state index contributed by atoms with van der Waals surface area (Å²) in [6, 6.07) is 10.6. The van der Waals surface area contributed by atoms with Gasteiger partial charge in [0.2, 0.25) is 11.7 Å². The third-order valence-corrected chi connectivity index (χ3v) is 3.19. The standard InChI is InChI=1S/C15H15ClN6O/c1-10(17)9-22-20-15(19-21-22)11-2-7-14(18-8-11)23-13-5-3-12(16)4-6-13/h2-8,10H,9,17H2,1H3/t10-/m0/s1. The predicted octanol–water partition coefficient (Wildman–Crippen LogP) is 2.53. The van der Waals surface area contributed by atoms with Gasteiger partial charge < -0.3 is 10.5 Å². The number of ether oxygens (including phenoxy) is 1. The van der Waals surface area contributed by atoms with Crippen molar-refractivity contribution in [2.75, 3.05) is 0 Å². The van der Waals surface area contributed by atoms with Crippen LogP contribution >= 0.6 is 11.6 Å². The minimum absolute atomic E-state index is 0.0367. The van der Waals surface area contributed by atoms with E-state index in [1.807, 2.05) is 13.0 Å². The van der Waals surface area contributed by atoms with Crippen LogP contribution in [-0.4, -0.2) is 31.2 Å². The molecule has 0 aliphatic rings. The van der Waals surface area contributed by atoms with Crippen LogP contribution in [0, 0.1) is 0 Å². The van der Waals surface area contributed by atoms with Crippen LogP contribution in [0.4, 0.5) is 0 Å².